The molecule has 0 aliphatic rings. The number of nitriles is 1. The van der Waals surface area contributed by atoms with Crippen LogP contribution in [0.2, 0.25) is 0 Å². The Bertz CT molecular complexity index is 931. The Morgan fingerprint density at radius 2 is 2.04 bits per heavy atom. The van der Waals surface area contributed by atoms with E-state index in [0.29, 0.717) is 5.56 Å². The van der Waals surface area contributed by atoms with Gasteiger partial charge in [-0.3, -0.25) is 4.98 Å². The van der Waals surface area contributed by atoms with Crippen molar-refractivity contribution in [3.63, 3.8) is 0 Å². The quantitative estimate of drug-likeness (QED) is 0.622. The highest BCUT2D eigenvalue weighted by atomic mass is 79.9. The predicted molar refractivity (Wildman–Crippen MR) is 92.9 cm³/mol. The highest BCUT2D eigenvalue weighted by Crippen LogP contribution is 2.34. The second kappa shape index (κ2) is 8.69. The first-order valence-corrected chi connectivity index (χ1v) is 9.68. The average molecular weight is 464 g/mol. The van der Waals surface area contributed by atoms with Crippen LogP contribution < -0.4 is 4.74 Å². The molecule has 6 nitrogen and oxygen atoms in total. The number of nitrogens with zero attached hydrogens (tertiary/aromatic N) is 3. The minimum absolute atomic E-state index is 0.133. The van der Waals surface area contributed by atoms with Crippen molar-refractivity contribution in [2.75, 3.05) is 6.54 Å². The molecule has 0 saturated carbocycles. The molecule has 0 N–H and O–H groups in total. The third-order valence-electron chi connectivity index (χ3n) is 3.30. The van der Waals surface area contributed by atoms with E-state index >= 15 is 0 Å². The molecule has 2 rings (SSSR count). The SMILES string of the molecule is N#CCCN(Cc1cccnc1)S(=O)(=O)c1ccc(Br)cc1OC(F)(F)F. The molecule has 144 valence electrons. The number of hydrogen-bond acceptors (Lipinski definition) is 5. The Kier molecular flexibility index (Phi) is 6.80. The molecular formula is C16H13BrF3N3O3S. The van der Waals surface area contributed by atoms with Gasteiger partial charge in [0.2, 0.25) is 10.0 Å². The summed E-state index contributed by atoms with van der Waals surface area (Å²) in [4.78, 5) is 3.24. The van der Waals surface area contributed by atoms with Gasteiger partial charge in [-0.2, -0.15) is 9.57 Å². The van der Waals surface area contributed by atoms with Crippen LogP contribution in [0.3, 0.4) is 0 Å². The third-order valence-corrected chi connectivity index (χ3v) is 5.68. The van der Waals surface area contributed by atoms with Gasteiger partial charge in [0, 0.05) is 36.4 Å². The molecule has 0 bridgehead atoms. The number of halogens is 4. The van der Waals surface area contributed by atoms with E-state index in [0.717, 1.165) is 16.4 Å². The van der Waals surface area contributed by atoms with E-state index in [2.05, 4.69) is 25.7 Å². The molecule has 1 heterocycles. The number of aromatic nitrogens is 1. The number of ether oxygens (including phenoxy) is 1. The Balaban J connectivity index is 2.47. The summed E-state index contributed by atoms with van der Waals surface area (Å²) >= 11 is 3.00. The standard InChI is InChI=1S/C16H13BrF3N3O3S/c17-13-4-5-15(14(9-13)26-16(18,19)20)27(24,25)23(8-2-6-21)11-12-3-1-7-22-10-12/h1,3-5,7,9-10H,2,8,11H2. The first-order valence-electron chi connectivity index (χ1n) is 7.45. The van der Waals surface area contributed by atoms with E-state index < -0.39 is 27.0 Å². The van der Waals surface area contributed by atoms with Gasteiger partial charge in [-0.15, -0.1) is 13.2 Å². The van der Waals surface area contributed by atoms with Gasteiger partial charge in [0.25, 0.3) is 0 Å². The van der Waals surface area contributed by atoms with Gasteiger partial charge in [0.15, 0.2) is 5.75 Å². The van der Waals surface area contributed by atoms with Crippen molar-refractivity contribution < 1.29 is 26.3 Å². The van der Waals surface area contributed by atoms with Crippen LogP contribution in [0.25, 0.3) is 0 Å². The molecule has 0 spiro atoms. The summed E-state index contributed by atoms with van der Waals surface area (Å²) in [5, 5.41) is 8.80. The van der Waals surface area contributed by atoms with E-state index in [-0.39, 0.29) is 24.0 Å². The fraction of sp³-hybridized carbons (Fsp3) is 0.250. The Labute approximate surface area is 162 Å². The van der Waals surface area contributed by atoms with Gasteiger partial charge >= 0.3 is 6.36 Å². The maximum absolute atomic E-state index is 13.0. The van der Waals surface area contributed by atoms with Crippen molar-refractivity contribution in [3.8, 4) is 11.8 Å². The summed E-state index contributed by atoms with van der Waals surface area (Å²) in [6, 6.07) is 8.28. The van der Waals surface area contributed by atoms with Gasteiger partial charge in [-0.25, -0.2) is 8.42 Å². The van der Waals surface area contributed by atoms with Crippen LogP contribution in [0.4, 0.5) is 13.2 Å². The molecule has 0 fully saturated rings. The van der Waals surface area contributed by atoms with Gasteiger partial charge in [0.1, 0.15) is 4.90 Å². The summed E-state index contributed by atoms with van der Waals surface area (Å²) in [6.45, 7) is -0.353. The number of rotatable bonds is 7. The molecule has 27 heavy (non-hydrogen) atoms. The van der Waals surface area contributed by atoms with Crippen LogP contribution in [0.1, 0.15) is 12.0 Å². The maximum atomic E-state index is 13.0. The molecule has 0 unspecified atom stereocenters. The molecule has 0 radical (unpaired) electrons. The number of pyridine rings is 1. The first kappa shape index (κ1) is 21.1. The van der Waals surface area contributed by atoms with Crippen molar-refractivity contribution in [1.29, 1.82) is 5.26 Å². The molecule has 2 aromatic rings. The summed E-state index contributed by atoms with van der Waals surface area (Å²) in [5.41, 5.74) is 0.523. The third kappa shape index (κ3) is 5.92. The van der Waals surface area contributed by atoms with Crippen molar-refractivity contribution >= 4 is 26.0 Å². The lowest BCUT2D eigenvalue weighted by molar-refractivity contribution is -0.275. The topological polar surface area (TPSA) is 83.3 Å². The first-order chi connectivity index (χ1) is 12.6. The lowest BCUT2D eigenvalue weighted by atomic mass is 10.3. The van der Waals surface area contributed by atoms with Gasteiger partial charge in [0.05, 0.1) is 6.07 Å². The largest absolute Gasteiger partial charge is 0.573 e. The molecule has 0 atom stereocenters. The normalized spacial score (nSPS) is 12.0. The van der Waals surface area contributed by atoms with Crippen LogP contribution in [0.5, 0.6) is 5.75 Å². The molecule has 0 aliphatic heterocycles. The Hall–Kier alpha value is -2.16. The number of hydrogen-bond donors (Lipinski definition) is 0. The van der Waals surface area contributed by atoms with Crippen LogP contribution in [-0.4, -0.2) is 30.6 Å². The van der Waals surface area contributed by atoms with Crippen molar-refractivity contribution in [2.45, 2.75) is 24.2 Å². The van der Waals surface area contributed by atoms with Crippen molar-refractivity contribution in [2.24, 2.45) is 0 Å². The van der Waals surface area contributed by atoms with Crippen molar-refractivity contribution in [3.05, 3.63) is 52.8 Å². The smallest absolute Gasteiger partial charge is 0.404 e. The molecule has 0 amide bonds. The van der Waals surface area contributed by atoms with E-state index in [9.17, 15) is 21.6 Å². The minimum Gasteiger partial charge on any atom is -0.404 e. The summed E-state index contributed by atoms with van der Waals surface area (Å²) in [7, 11) is -4.38. The van der Waals surface area contributed by atoms with Gasteiger partial charge in [-0.05, 0) is 29.8 Å². The van der Waals surface area contributed by atoms with Gasteiger partial charge in [-0.1, -0.05) is 22.0 Å². The molecule has 0 saturated heterocycles. The summed E-state index contributed by atoms with van der Waals surface area (Å²) in [6.07, 6.45) is -2.26. The maximum Gasteiger partial charge on any atom is 0.573 e. The van der Waals surface area contributed by atoms with Gasteiger partial charge < -0.3 is 4.74 Å². The minimum atomic E-state index is -5.06. The predicted octanol–water partition coefficient (Wildman–Crippen LogP) is 3.85. The number of benzene rings is 1. The molecule has 1 aromatic heterocycles. The fourth-order valence-corrected chi connectivity index (χ4v) is 4.06. The molecule has 11 heteroatoms. The van der Waals surface area contributed by atoms with Crippen LogP contribution >= 0.6 is 15.9 Å². The second-order valence-corrected chi connectivity index (χ2v) is 8.07. The summed E-state index contributed by atoms with van der Waals surface area (Å²) in [5.74, 6) is -0.856. The zero-order valence-electron chi connectivity index (χ0n) is 13.6. The monoisotopic (exact) mass is 463 g/mol. The van der Waals surface area contributed by atoms with Crippen molar-refractivity contribution in [1.82, 2.24) is 9.29 Å². The van der Waals surface area contributed by atoms with Crippen LogP contribution in [-0.2, 0) is 16.6 Å². The lowest BCUT2D eigenvalue weighted by Crippen LogP contribution is -2.32. The van der Waals surface area contributed by atoms with Crippen LogP contribution in [0.15, 0.2) is 52.1 Å². The zero-order valence-corrected chi connectivity index (χ0v) is 16.1. The second-order valence-electron chi connectivity index (χ2n) is 5.25. The average Bonchev–Trinajstić information content (AvgIpc) is 2.57. The molecular weight excluding hydrogens is 451 g/mol. The lowest BCUT2D eigenvalue weighted by Gasteiger charge is -2.23. The Morgan fingerprint density at radius 1 is 1.30 bits per heavy atom. The van der Waals surface area contributed by atoms with Crippen LogP contribution in [0, 0.1) is 11.3 Å². The Morgan fingerprint density at radius 3 is 2.63 bits per heavy atom. The highest BCUT2D eigenvalue weighted by Gasteiger charge is 2.36. The zero-order chi connectivity index (χ0) is 20.1. The van der Waals surface area contributed by atoms with E-state index in [1.807, 2.05) is 6.07 Å². The number of alkyl halides is 3. The van der Waals surface area contributed by atoms with E-state index in [1.54, 1.807) is 12.1 Å². The van der Waals surface area contributed by atoms with E-state index in [4.69, 9.17) is 5.26 Å². The summed E-state index contributed by atoms with van der Waals surface area (Å²) < 4.78 is 69.1. The van der Waals surface area contributed by atoms with E-state index in [1.165, 1.54) is 18.5 Å². The fourth-order valence-electron chi connectivity index (χ4n) is 2.19. The highest BCUT2D eigenvalue weighted by molar-refractivity contribution is 9.10. The molecule has 0 aliphatic carbocycles. The number of sulfonamides is 1. The molecule has 1 aromatic carbocycles.